The molecule has 0 saturated heterocycles. The summed E-state index contributed by atoms with van der Waals surface area (Å²) in [5.74, 6) is -3.50. The van der Waals surface area contributed by atoms with Gasteiger partial charge in [0.1, 0.15) is 5.82 Å². The first-order valence-corrected chi connectivity index (χ1v) is 8.73. The van der Waals surface area contributed by atoms with E-state index in [4.69, 9.17) is 0 Å². The minimum Gasteiger partial charge on any atom is -0.352 e. The van der Waals surface area contributed by atoms with Crippen LogP contribution in [-0.4, -0.2) is 12.5 Å². The van der Waals surface area contributed by atoms with Crippen molar-refractivity contribution >= 4 is 17.3 Å². The smallest absolute Gasteiger partial charge is 0.253 e. The van der Waals surface area contributed by atoms with Gasteiger partial charge in [-0.15, -0.1) is 0 Å². The van der Waals surface area contributed by atoms with Gasteiger partial charge in [0.05, 0.1) is 16.9 Å². The van der Waals surface area contributed by atoms with Gasteiger partial charge in [0.25, 0.3) is 5.91 Å². The normalized spacial score (nSPS) is 9.96. The monoisotopic (exact) mass is 366 g/mol. The van der Waals surface area contributed by atoms with E-state index in [1.165, 1.54) is 18.2 Å². The van der Waals surface area contributed by atoms with Crippen LogP contribution >= 0.6 is 0 Å². The fraction of sp³-hybridized carbons (Fsp3) is 0.350. The largest absolute Gasteiger partial charge is 0.352 e. The Hall–Kier alpha value is -2.50. The van der Waals surface area contributed by atoms with Crippen LogP contribution in [0, 0.1) is 24.4 Å². The van der Waals surface area contributed by atoms with Gasteiger partial charge >= 0.3 is 0 Å². The molecule has 1 amide bonds. The van der Waals surface area contributed by atoms with E-state index in [1.807, 2.05) is 20.8 Å². The minimum atomic E-state index is -1.22. The number of rotatable bonds is 6. The summed E-state index contributed by atoms with van der Waals surface area (Å²) >= 11 is 0. The standard InChI is InChI=1S/C18H19F3N2O.C2H6/c1-3-4-9-22-18(24)12-6-7-13(19)16(21)17(12)23-15-8-5-11(2)10-14(15)20;1-2/h5-8,10,23H,3-4,9H2,1-2H3,(H,22,24);1-2H3. The number of amides is 1. The molecular formula is C20H25F3N2O. The Morgan fingerprint density at radius 1 is 1.04 bits per heavy atom. The number of carbonyl (C=O) groups excluding carboxylic acids is 1. The number of carbonyl (C=O) groups is 1. The van der Waals surface area contributed by atoms with Crippen molar-refractivity contribution in [2.45, 2.75) is 40.5 Å². The topological polar surface area (TPSA) is 41.1 Å². The van der Waals surface area contributed by atoms with Gasteiger partial charge < -0.3 is 10.6 Å². The molecule has 0 fully saturated rings. The molecule has 0 heterocycles. The lowest BCUT2D eigenvalue weighted by Gasteiger charge is -2.14. The number of anilines is 2. The highest BCUT2D eigenvalue weighted by atomic mass is 19.2. The van der Waals surface area contributed by atoms with Gasteiger partial charge in [-0.2, -0.15) is 0 Å². The maximum atomic E-state index is 14.2. The Bertz CT molecular complexity index is 748. The van der Waals surface area contributed by atoms with E-state index in [-0.39, 0.29) is 16.9 Å². The molecule has 0 radical (unpaired) electrons. The van der Waals surface area contributed by atoms with Crippen LogP contribution in [0.2, 0.25) is 0 Å². The molecule has 0 atom stereocenters. The van der Waals surface area contributed by atoms with Crippen LogP contribution in [0.3, 0.4) is 0 Å². The Morgan fingerprint density at radius 2 is 1.73 bits per heavy atom. The third-order valence-electron chi connectivity index (χ3n) is 3.54. The summed E-state index contributed by atoms with van der Waals surface area (Å²) in [5, 5.41) is 5.13. The van der Waals surface area contributed by atoms with Gasteiger partial charge in [-0.3, -0.25) is 4.79 Å². The summed E-state index contributed by atoms with van der Waals surface area (Å²) in [6.45, 7) is 8.10. The van der Waals surface area contributed by atoms with Gasteiger partial charge in [0.2, 0.25) is 0 Å². The maximum absolute atomic E-state index is 14.2. The first-order chi connectivity index (χ1) is 12.4. The lowest BCUT2D eigenvalue weighted by atomic mass is 10.1. The van der Waals surface area contributed by atoms with E-state index < -0.39 is 23.4 Å². The second-order valence-corrected chi connectivity index (χ2v) is 5.50. The van der Waals surface area contributed by atoms with E-state index >= 15 is 0 Å². The fourth-order valence-corrected chi connectivity index (χ4v) is 2.19. The molecule has 2 rings (SSSR count). The Morgan fingerprint density at radius 3 is 2.35 bits per heavy atom. The molecule has 2 N–H and O–H groups in total. The van der Waals surface area contributed by atoms with Crippen molar-refractivity contribution in [3.8, 4) is 0 Å². The summed E-state index contributed by atoms with van der Waals surface area (Å²) in [6.07, 6.45) is 1.66. The number of hydrogen-bond donors (Lipinski definition) is 2. The summed E-state index contributed by atoms with van der Waals surface area (Å²) < 4.78 is 41.7. The molecule has 6 heteroatoms. The van der Waals surface area contributed by atoms with Gasteiger partial charge in [0, 0.05) is 6.54 Å². The summed E-state index contributed by atoms with van der Waals surface area (Å²) in [7, 11) is 0. The van der Waals surface area contributed by atoms with Crippen LogP contribution in [0.1, 0.15) is 49.5 Å². The molecule has 142 valence electrons. The quantitative estimate of drug-likeness (QED) is 0.643. The molecule has 0 spiro atoms. The molecule has 0 aliphatic rings. The third-order valence-corrected chi connectivity index (χ3v) is 3.54. The molecule has 0 bridgehead atoms. The molecule has 26 heavy (non-hydrogen) atoms. The number of benzene rings is 2. The van der Waals surface area contributed by atoms with Crippen molar-refractivity contribution in [1.82, 2.24) is 5.32 Å². The number of aryl methyl sites for hydroxylation is 1. The molecule has 0 aliphatic carbocycles. The zero-order chi connectivity index (χ0) is 19.7. The third kappa shape index (κ3) is 5.51. The van der Waals surface area contributed by atoms with E-state index in [0.29, 0.717) is 12.1 Å². The number of nitrogens with one attached hydrogen (secondary N) is 2. The van der Waals surface area contributed by atoms with Crippen molar-refractivity contribution in [3.05, 3.63) is 58.9 Å². The van der Waals surface area contributed by atoms with Crippen LogP contribution in [0.5, 0.6) is 0 Å². The molecular weight excluding hydrogens is 341 g/mol. The molecule has 0 saturated carbocycles. The van der Waals surface area contributed by atoms with Crippen molar-refractivity contribution in [3.63, 3.8) is 0 Å². The SMILES string of the molecule is CC.CCCCNC(=O)c1ccc(F)c(F)c1Nc1ccc(C)cc1F. The molecule has 0 unspecified atom stereocenters. The van der Waals surface area contributed by atoms with Gasteiger partial charge in [-0.25, -0.2) is 13.2 Å². The van der Waals surface area contributed by atoms with Gasteiger partial charge in [-0.05, 0) is 43.2 Å². The van der Waals surface area contributed by atoms with Crippen molar-refractivity contribution < 1.29 is 18.0 Å². The average Bonchev–Trinajstić information content (AvgIpc) is 2.63. The molecule has 0 aromatic heterocycles. The summed E-state index contributed by atoms with van der Waals surface area (Å²) in [4.78, 5) is 12.2. The summed E-state index contributed by atoms with van der Waals surface area (Å²) in [6, 6.07) is 6.35. The molecule has 2 aromatic rings. The van der Waals surface area contributed by atoms with Crippen molar-refractivity contribution in [1.29, 1.82) is 0 Å². The highest BCUT2D eigenvalue weighted by Crippen LogP contribution is 2.28. The van der Waals surface area contributed by atoms with E-state index in [9.17, 15) is 18.0 Å². The average molecular weight is 366 g/mol. The zero-order valence-electron chi connectivity index (χ0n) is 15.6. The first kappa shape index (κ1) is 21.5. The van der Waals surface area contributed by atoms with Crippen LogP contribution in [0.4, 0.5) is 24.5 Å². The van der Waals surface area contributed by atoms with Gasteiger partial charge in [0.15, 0.2) is 11.6 Å². The van der Waals surface area contributed by atoms with Crippen molar-refractivity contribution in [2.24, 2.45) is 0 Å². The highest BCUT2D eigenvalue weighted by molar-refractivity contribution is 6.00. The fourth-order valence-electron chi connectivity index (χ4n) is 2.19. The second-order valence-electron chi connectivity index (χ2n) is 5.50. The second kappa shape index (κ2) is 10.5. The van der Waals surface area contributed by atoms with Gasteiger partial charge in [-0.1, -0.05) is 33.3 Å². The van der Waals surface area contributed by atoms with E-state index in [1.54, 1.807) is 13.0 Å². The van der Waals surface area contributed by atoms with Crippen LogP contribution in [0.25, 0.3) is 0 Å². The number of halogens is 3. The Kier molecular flexibility index (Phi) is 8.68. The Labute approximate surface area is 152 Å². The van der Waals surface area contributed by atoms with Crippen LogP contribution < -0.4 is 10.6 Å². The molecule has 2 aromatic carbocycles. The molecule has 3 nitrogen and oxygen atoms in total. The summed E-state index contributed by atoms with van der Waals surface area (Å²) in [5.41, 5.74) is 0.194. The van der Waals surface area contributed by atoms with Crippen LogP contribution in [0.15, 0.2) is 30.3 Å². The molecule has 0 aliphatic heterocycles. The van der Waals surface area contributed by atoms with Crippen molar-refractivity contribution in [2.75, 3.05) is 11.9 Å². The minimum absolute atomic E-state index is 0.0345. The predicted molar refractivity (Wildman–Crippen MR) is 99.4 cm³/mol. The number of hydrogen-bond acceptors (Lipinski definition) is 2. The van der Waals surface area contributed by atoms with Crippen LogP contribution in [-0.2, 0) is 0 Å². The lowest BCUT2D eigenvalue weighted by molar-refractivity contribution is 0.0953. The Balaban J connectivity index is 0.00000163. The highest BCUT2D eigenvalue weighted by Gasteiger charge is 2.19. The first-order valence-electron chi connectivity index (χ1n) is 8.73. The zero-order valence-corrected chi connectivity index (χ0v) is 15.6. The number of unbranched alkanes of at least 4 members (excludes halogenated alkanes) is 1. The lowest BCUT2D eigenvalue weighted by Crippen LogP contribution is -2.25. The predicted octanol–water partition coefficient (Wildman–Crippen LogP) is 5.71. The van der Waals surface area contributed by atoms with E-state index in [2.05, 4.69) is 10.6 Å². The van der Waals surface area contributed by atoms with E-state index in [0.717, 1.165) is 18.9 Å². The maximum Gasteiger partial charge on any atom is 0.253 e.